The average molecular weight is 405 g/mol. The van der Waals surface area contributed by atoms with Crippen LogP contribution in [0.1, 0.15) is 41.2 Å². The van der Waals surface area contributed by atoms with Gasteiger partial charge in [0, 0.05) is 7.05 Å². The normalized spacial score (nSPS) is 15.3. The lowest BCUT2D eigenvalue weighted by Gasteiger charge is -2.19. The van der Waals surface area contributed by atoms with Gasteiger partial charge >= 0.3 is 0 Å². The molecular formula is C19H21ClN4O2S. The molecule has 0 atom stereocenters. The highest BCUT2D eigenvalue weighted by molar-refractivity contribution is 7.12. The molecule has 0 radical (unpaired) electrons. The highest BCUT2D eigenvalue weighted by atomic mass is 35.5. The molecule has 2 aromatic heterocycles. The monoisotopic (exact) mass is 404 g/mol. The molecule has 2 N–H and O–H groups in total. The molecule has 2 heterocycles. The molecule has 1 aliphatic rings. The number of rotatable bonds is 4. The third-order valence-electron chi connectivity index (χ3n) is 4.90. The van der Waals surface area contributed by atoms with E-state index in [0.29, 0.717) is 16.6 Å². The van der Waals surface area contributed by atoms with Crippen molar-refractivity contribution < 1.29 is 9.32 Å². The molecular weight excluding hydrogens is 384 g/mol. The first-order chi connectivity index (χ1) is 12.6. The Hall–Kier alpha value is -2.22. The summed E-state index contributed by atoms with van der Waals surface area (Å²) in [6, 6.07) is 11.2. The summed E-state index contributed by atoms with van der Waals surface area (Å²) in [7, 11) is 1.75. The predicted molar refractivity (Wildman–Crippen MR) is 108 cm³/mol. The van der Waals surface area contributed by atoms with Crippen molar-refractivity contribution in [1.82, 2.24) is 10.1 Å². The number of thiophene rings is 1. The van der Waals surface area contributed by atoms with Gasteiger partial charge < -0.3 is 15.2 Å². The van der Waals surface area contributed by atoms with Crippen LogP contribution < -0.4 is 10.6 Å². The Labute approximate surface area is 167 Å². The van der Waals surface area contributed by atoms with Crippen LogP contribution in [-0.2, 0) is 5.54 Å². The lowest BCUT2D eigenvalue weighted by molar-refractivity contribution is 0.0997. The zero-order valence-electron chi connectivity index (χ0n) is 14.9. The van der Waals surface area contributed by atoms with Gasteiger partial charge in [-0.2, -0.15) is 4.98 Å². The summed E-state index contributed by atoms with van der Waals surface area (Å²) in [6.45, 7) is 0. The van der Waals surface area contributed by atoms with E-state index in [1.165, 1.54) is 11.3 Å². The molecule has 0 unspecified atom stereocenters. The van der Waals surface area contributed by atoms with Crippen LogP contribution >= 0.6 is 23.7 Å². The first-order valence-corrected chi connectivity index (χ1v) is 9.50. The fourth-order valence-corrected chi connectivity index (χ4v) is 4.09. The van der Waals surface area contributed by atoms with E-state index in [2.05, 4.69) is 10.1 Å². The summed E-state index contributed by atoms with van der Waals surface area (Å²) < 4.78 is 5.51. The quantitative estimate of drug-likeness (QED) is 0.703. The van der Waals surface area contributed by atoms with Crippen molar-refractivity contribution in [3.63, 3.8) is 0 Å². The highest BCUT2D eigenvalue weighted by Crippen LogP contribution is 2.37. The van der Waals surface area contributed by atoms with E-state index < -0.39 is 5.54 Å². The second kappa shape index (κ2) is 7.80. The van der Waals surface area contributed by atoms with Crippen molar-refractivity contribution in [2.24, 2.45) is 5.73 Å². The number of nitrogens with zero attached hydrogens (tertiary/aromatic N) is 3. The van der Waals surface area contributed by atoms with E-state index in [1.807, 2.05) is 41.8 Å². The van der Waals surface area contributed by atoms with Crippen molar-refractivity contribution in [3.8, 4) is 11.5 Å². The van der Waals surface area contributed by atoms with Gasteiger partial charge in [-0.1, -0.05) is 36.2 Å². The van der Waals surface area contributed by atoms with Gasteiger partial charge in [0.25, 0.3) is 11.8 Å². The third-order valence-corrected chi connectivity index (χ3v) is 5.76. The number of anilines is 1. The Bertz CT molecular complexity index is 919. The summed E-state index contributed by atoms with van der Waals surface area (Å²) in [5, 5.41) is 6.02. The van der Waals surface area contributed by atoms with Crippen LogP contribution in [0.25, 0.3) is 11.5 Å². The minimum Gasteiger partial charge on any atom is -0.334 e. The van der Waals surface area contributed by atoms with E-state index in [0.717, 1.165) is 36.9 Å². The van der Waals surface area contributed by atoms with E-state index in [-0.39, 0.29) is 18.3 Å². The van der Waals surface area contributed by atoms with Crippen LogP contribution in [0, 0.1) is 0 Å². The molecule has 3 aromatic rings. The van der Waals surface area contributed by atoms with Crippen LogP contribution in [0.4, 0.5) is 5.69 Å². The fraction of sp³-hybridized carbons (Fsp3) is 0.316. The molecule has 6 nitrogen and oxygen atoms in total. The number of benzene rings is 1. The summed E-state index contributed by atoms with van der Waals surface area (Å²) in [5.74, 6) is 0.864. The Morgan fingerprint density at radius 2 is 1.96 bits per heavy atom. The van der Waals surface area contributed by atoms with E-state index >= 15 is 0 Å². The Morgan fingerprint density at radius 3 is 2.67 bits per heavy atom. The van der Waals surface area contributed by atoms with Gasteiger partial charge in [-0.05, 0) is 36.4 Å². The average Bonchev–Trinajstić information content (AvgIpc) is 3.41. The first kappa shape index (κ1) is 19.5. The zero-order chi connectivity index (χ0) is 18.1. The number of nitrogens with two attached hydrogens (primary N) is 1. The van der Waals surface area contributed by atoms with Crippen LogP contribution in [-0.4, -0.2) is 23.1 Å². The number of aromatic nitrogens is 2. The third kappa shape index (κ3) is 3.63. The number of carbonyl (C=O) groups excluding carboxylic acids is 1. The number of halogens is 1. The maximum Gasteiger partial charge on any atom is 0.268 e. The molecule has 4 rings (SSSR count). The van der Waals surface area contributed by atoms with Gasteiger partial charge in [0.2, 0.25) is 0 Å². The molecule has 1 fully saturated rings. The van der Waals surface area contributed by atoms with Gasteiger partial charge in [0.1, 0.15) is 0 Å². The van der Waals surface area contributed by atoms with Crippen molar-refractivity contribution >= 4 is 35.3 Å². The summed E-state index contributed by atoms with van der Waals surface area (Å²) in [5.41, 5.74) is 7.37. The largest absolute Gasteiger partial charge is 0.334 e. The molecule has 27 heavy (non-hydrogen) atoms. The Balaban J connectivity index is 0.00000210. The van der Waals surface area contributed by atoms with Crippen LogP contribution in [0.3, 0.4) is 0 Å². The van der Waals surface area contributed by atoms with E-state index in [4.69, 9.17) is 10.3 Å². The molecule has 0 saturated heterocycles. The maximum absolute atomic E-state index is 12.7. The van der Waals surface area contributed by atoms with Crippen molar-refractivity contribution in [3.05, 3.63) is 52.5 Å². The summed E-state index contributed by atoms with van der Waals surface area (Å²) in [6.07, 6.45) is 3.89. The Morgan fingerprint density at radius 1 is 1.22 bits per heavy atom. The molecule has 0 aliphatic heterocycles. The highest BCUT2D eigenvalue weighted by Gasteiger charge is 2.36. The molecule has 0 bridgehead atoms. The summed E-state index contributed by atoms with van der Waals surface area (Å²) in [4.78, 5) is 19.6. The number of amides is 1. The first-order valence-electron chi connectivity index (χ1n) is 8.62. The number of carbonyl (C=O) groups is 1. The van der Waals surface area contributed by atoms with Gasteiger partial charge in [-0.3, -0.25) is 4.79 Å². The molecule has 1 saturated carbocycles. The number of para-hydroxylation sites is 1. The lowest BCUT2D eigenvalue weighted by atomic mass is 9.98. The fourth-order valence-electron chi connectivity index (χ4n) is 3.39. The van der Waals surface area contributed by atoms with Crippen molar-refractivity contribution in [2.45, 2.75) is 31.2 Å². The molecule has 8 heteroatoms. The number of hydrogen-bond donors (Lipinski definition) is 1. The van der Waals surface area contributed by atoms with Crippen molar-refractivity contribution in [2.75, 3.05) is 11.9 Å². The van der Waals surface area contributed by atoms with Gasteiger partial charge in [0.15, 0.2) is 5.82 Å². The van der Waals surface area contributed by atoms with Crippen LogP contribution in [0.15, 0.2) is 46.3 Å². The second-order valence-electron chi connectivity index (χ2n) is 6.65. The molecule has 142 valence electrons. The SMILES string of the molecule is CN(C(=O)c1cccs1)c1ccccc1-c1nc(C2(N)CCCC2)no1.Cl. The van der Waals surface area contributed by atoms with Crippen molar-refractivity contribution in [1.29, 1.82) is 0 Å². The zero-order valence-corrected chi connectivity index (χ0v) is 16.6. The molecule has 1 aliphatic carbocycles. The summed E-state index contributed by atoms with van der Waals surface area (Å²) >= 11 is 1.42. The lowest BCUT2D eigenvalue weighted by Crippen LogP contribution is -2.34. The minimum atomic E-state index is -0.505. The smallest absolute Gasteiger partial charge is 0.268 e. The van der Waals surface area contributed by atoms with E-state index in [9.17, 15) is 4.79 Å². The van der Waals surface area contributed by atoms with Crippen LogP contribution in [0.5, 0.6) is 0 Å². The second-order valence-corrected chi connectivity index (χ2v) is 7.59. The van der Waals surface area contributed by atoms with Crippen LogP contribution in [0.2, 0.25) is 0 Å². The number of hydrogen-bond acceptors (Lipinski definition) is 6. The van der Waals surface area contributed by atoms with Gasteiger partial charge in [0.05, 0.1) is 21.7 Å². The minimum absolute atomic E-state index is 0. The standard InChI is InChI=1S/C19H20N4O2S.ClH/c1-23(17(24)15-9-6-12-26-15)14-8-3-2-7-13(14)16-21-18(22-25-16)19(20)10-4-5-11-19;/h2-3,6-9,12H,4-5,10-11,20H2,1H3;1H. The predicted octanol–water partition coefficient (Wildman–Crippen LogP) is 4.22. The van der Waals surface area contributed by atoms with E-state index in [1.54, 1.807) is 11.9 Å². The molecule has 0 spiro atoms. The molecule has 1 amide bonds. The van der Waals surface area contributed by atoms with Gasteiger partial charge in [-0.25, -0.2) is 0 Å². The maximum atomic E-state index is 12.7. The topological polar surface area (TPSA) is 85.2 Å². The Kier molecular flexibility index (Phi) is 5.64. The molecule has 1 aromatic carbocycles. The van der Waals surface area contributed by atoms with Gasteiger partial charge in [-0.15, -0.1) is 23.7 Å².